The van der Waals surface area contributed by atoms with Crippen LogP contribution in [0, 0.1) is 6.92 Å². The molecule has 0 fully saturated rings. The molecule has 0 amide bonds. The Morgan fingerprint density at radius 1 is 1.44 bits per heavy atom. The predicted octanol–water partition coefficient (Wildman–Crippen LogP) is 2.56. The van der Waals surface area contributed by atoms with E-state index in [1.54, 1.807) is 7.11 Å². The zero-order chi connectivity index (χ0) is 13.3. The van der Waals surface area contributed by atoms with Crippen LogP contribution in [0.4, 0.5) is 5.95 Å². The summed E-state index contributed by atoms with van der Waals surface area (Å²) in [6.45, 7) is 1.96. The average Bonchev–Trinajstić information content (AvgIpc) is 2.56. The fourth-order valence-electron chi connectivity index (χ4n) is 1.95. The molecule has 0 saturated heterocycles. The van der Waals surface area contributed by atoms with Crippen molar-refractivity contribution in [2.75, 3.05) is 12.8 Å². The molecule has 0 bridgehead atoms. The molecule has 0 radical (unpaired) electrons. The normalized spacial score (nSPS) is 10.7. The molecule has 18 heavy (non-hydrogen) atoms. The molecule has 4 nitrogen and oxygen atoms in total. The van der Waals surface area contributed by atoms with Gasteiger partial charge in [0.25, 0.3) is 0 Å². The SMILES string of the molecule is COc1ccc(Cc2c(C)nc(N)n2C)cc1Cl. The molecular weight excluding hydrogens is 250 g/mol. The molecule has 0 aliphatic rings. The van der Waals surface area contributed by atoms with Crippen molar-refractivity contribution >= 4 is 17.5 Å². The summed E-state index contributed by atoms with van der Waals surface area (Å²) in [6.07, 6.45) is 0.746. The topological polar surface area (TPSA) is 53.1 Å². The first-order valence-electron chi connectivity index (χ1n) is 5.63. The Labute approximate surface area is 111 Å². The van der Waals surface area contributed by atoms with E-state index in [1.165, 1.54) is 0 Å². The standard InChI is InChI=1S/C13H16ClN3O/c1-8-11(17(2)13(15)16-8)7-9-4-5-12(18-3)10(14)6-9/h4-6H,7H2,1-3H3,(H2,15,16). The summed E-state index contributed by atoms with van der Waals surface area (Å²) in [4.78, 5) is 4.25. The molecule has 0 unspecified atom stereocenters. The number of halogens is 1. The lowest BCUT2D eigenvalue weighted by atomic mass is 10.1. The van der Waals surface area contributed by atoms with E-state index in [0.29, 0.717) is 16.7 Å². The number of ether oxygens (including phenoxy) is 1. The van der Waals surface area contributed by atoms with Gasteiger partial charge in [-0.15, -0.1) is 0 Å². The van der Waals surface area contributed by atoms with Gasteiger partial charge in [0.1, 0.15) is 5.75 Å². The molecule has 1 aromatic heterocycles. The van der Waals surface area contributed by atoms with Crippen LogP contribution in [0.3, 0.4) is 0 Å². The molecule has 0 saturated carbocycles. The summed E-state index contributed by atoms with van der Waals surface area (Å²) in [6, 6.07) is 5.77. The van der Waals surface area contributed by atoms with Crippen LogP contribution >= 0.6 is 11.6 Å². The van der Waals surface area contributed by atoms with Gasteiger partial charge in [-0.2, -0.15) is 0 Å². The largest absolute Gasteiger partial charge is 0.495 e. The fourth-order valence-corrected chi connectivity index (χ4v) is 2.23. The van der Waals surface area contributed by atoms with Crippen LogP contribution in [0.25, 0.3) is 0 Å². The Morgan fingerprint density at radius 2 is 2.17 bits per heavy atom. The highest BCUT2D eigenvalue weighted by molar-refractivity contribution is 6.32. The van der Waals surface area contributed by atoms with Crippen LogP contribution in [-0.4, -0.2) is 16.7 Å². The number of imidazole rings is 1. The van der Waals surface area contributed by atoms with E-state index in [-0.39, 0.29) is 0 Å². The van der Waals surface area contributed by atoms with Gasteiger partial charge >= 0.3 is 0 Å². The molecule has 0 spiro atoms. The predicted molar refractivity (Wildman–Crippen MR) is 73.2 cm³/mol. The minimum atomic E-state index is 0.530. The van der Waals surface area contributed by atoms with E-state index >= 15 is 0 Å². The Balaban J connectivity index is 2.31. The molecule has 2 aromatic rings. The lowest BCUT2D eigenvalue weighted by molar-refractivity contribution is 0.415. The number of aromatic nitrogens is 2. The zero-order valence-electron chi connectivity index (χ0n) is 10.7. The number of hydrogen-bond donors (Lipinski definition) is 1. The molecule has 2 N–H and O–H groups in total. The summed E-state index contributed by atoms with van der Waals surface area (Å²) < 4.78 is 7.03. The fraction of sp³-hybridized carbons (Fsp3) is 0.308. The number of rotatable bonds is 3. The molecule has 0 atom stereocenters. The number of nitrogens with zero attached hydrogens (tertiary/aromatic N) is 2. The van der Waals surface area contributed by atoms with E-state index in [2.05, 4.69) is 4.98 Å². The van der Waals surface area contributed by atoms with E-state index in [0.717, 1.165) is 23.4 Å². The lowest BCUT2D eigenvalue weighted by Crippen LogP contribution is -2.02. The van der Waals surface area contributed by atoms with Gasteiger partial charge in [-0.1, -0.05) is 17.7 Å². The van der Waals surface area contributed by atoms with Gasteiger partial charge < -0.3 is 15.0 Å². The Kier molecular flexibility index (Phi) is 3.48. The number of nitrogen functional groups attached to an aromatic ring is 1. The van der Waals surface area contributed by atoms with Gasteiger partial charge in [0, 0.05) is 19.2 Å². The third-order valence-electron chi connectivity index (χ3n) is 3.04. The highest BCUT2D eigenvalue weighted by atomic mass is 35.5. The smallest absolute Gasteiger partial charge is 0.200 e. The number of nitrogens with two attached hydrogens (primary N) is 1. The molecule has 1 aromatic carbocycles. The minimum absolute atomic E-state index is 0.530. The van der Waals surface area contributed by atoms with Crippen molar-refractivity contribution in [2.45, 2.75) is 13.3 Å². The maximum Gasteiger partial charge on any atom is 0.200 e. The monoisotopic (exact) mass is 265 g/mol. The van der Waals surface area contributed by atoms with Crippen molar-refractivity contribution in [3.63, 3.8) is 0 Å². The zero-order valence-corrected chi connectivity index (χ0v) is 11.5. The number of anilines is 1. The van der Waals surface area contributed by atoms with E-state index in [1.807, 2.05) is 36.7 Å². The van der Waals surface area contributed by atoms with Crippen LogP contribution in [-0.2, 0) is 13.5 Å². The lowest BCUT2D eigenvalue weighted by Gasteiger charge is -2.08. The van der Waals surface area contributed by atoms with Gasteiger partial charge in [-0.25, -0.2) is 4.98 Å². The molecule has 1 heterocycles. The van der Waals surface area contributed by atoms with Crippen LogP contribution in [0.2, 0.25) is 5.02 Å². The quantitative estimate of drug-likeness (QED) is 0.928. The van der Waals surface area contributed by atoms with Gasteiger partial charge in [0.15, 0.2) is 5.95 Å². The van der Waals surface area contributed by atoms with Crippen LogP contribution in [0.15, 0.2) is 18.2 Å². The van der Waals surface area contributed by atoms with E-state index in [9.17, 15) is 0 Å². The van der Waals surface area contributed by atoms with Crippen LogP contribution in [0.5, 0.6) is 5.75 Å². The third-order valence-corrected chi connectivity index (χ3v) is 3.33. The van der Waals surface area contributed by atoms with Gasteiger partial charge in [0.05, 0.1) is 17.8 Å². The number of hydrogen-bond acceptors (Lipinski definition) is 3. The minimum Gasteiger partial charge on any atom is -0.495 e. The van der Waals surface area contributed by atoms with Gasteiger partial charge in [0.2, 0.25) is 0 Å². The second kappa shape index (κ2) is 4.90. The summed E-state index contributed by atoms with van der Waals surface area (Å²) in [5.74, 6) is 1.21. The van der Waals surface area contributed by atoms with Gasteiger partial charge in [-0.3, -0.25) is 0 Å². The van der Waals surface area contributed by atoms with Crippen molar-refractivity contribution in [3.8, 4) is 5.75 Å². The van der Waals surface area contributed by atoms with Crippen molar-refractivity contribution < 1.29 is 4.74 Å². The molecule has 0 aliphatic carbocycles. The van der Waals surface area contributed by atoms with Crippen molar-refractivity contribution in [2.24, 2.45) is 7.05 Å². The van der Waals surface area contributed by atoms with Crippen molar-refractivity contribution in [1.29, 1.82) is 0 Å². The summed E-state index contributed by atoms with van der Waals surface area (Å²) in [7, 11) is 3.52. The van der Waals surface area contributed by atoms with Crippen molar-refractivity contribution in [1.82, 2.24) is 9.55 Å². The second-order valence-corrected chi connectivity index (χ2v) is 4.61. The average molecular weight is 266 g/mol. The molecule has 96 valence electrons. The molecule has 5 heteroatoms. The number of aryl methyl sites for hydroxylation is 1. The number of methoxy groups -OCH3 is 1. The maximum atomic E-state index is 6.11. The molecule has 2 rings (SSSR count). The summed E-state index contributed by atoms with van der Waals surface area (Å²) in [5, 5.41) is 0.614. The van der Waals surface area contributed by atoms with Crippen LogP contribution < -0.4 is 10.5 Å². The Morgan fingerprint density at radius 3 is 2.67 bits per heavy atom. The highest BCUT2D eigenvalue weighted by Crippen LogP contribution is 2.26. The van der Waals surface area contributed by atoms with Crippen LogP contribution in [0.1, 0.15) is 17.0 Å². The van der Waals surface area contributed by atoms with Crippen molar-refractivity contribution in [3.05, 3.63) is 40.2 Å². The summed E-state index contributed by atoms with van der Waals surface area (Å²) in [5.41, 5.74) is 8.92. The second-order valence-electron chi connectivity index (χ2n) is 4.21. The maximum absolute atomic E-state index is 6.11. The summed E-state index contributed by atoms with van der Waals surface area (Å²) >= 11 is 6.11. The first-order valence-corrected chi connectivity index (χ1v) is 6.00. The first kappa shape index (κ1) is 12.8. The van der Waals surface area contributed by atoms with E-state index < -0.39 is 0 Å². The van der Waals surface area contributed by atoms with Gasteiger partial charge in [-0.05, 0) is 24.6 Å². The Bertz CT molecular complexity index is 578. The van der Waals surface area contributed by atoms with E-state index in [4.69, 9.17) is 22.1 Å². The Hall–Kier alpha value is -1.68. The third kappa shape index (κ3) is 2.29. The number of benzene rings is 1. The molecule has 0 aliphatic heterocycles. The highest BCUT2D eigenvalue weighted by Gasteiger charge is 2.10. The molecular formula is C13H16ClN3O. The first-order chi connectivity index (χ1) is 8.52.